The lowest BCUT2D eigenvalue weighted by Crippen LogP contribution is -2.20. The lowest BCUT2D eigenvalue weighted by atomic mass is 10.3. The molecule has 0 radical (unpaired) electrons. The Kier molecular flexibility index (Phi) is 5.27. The molecule has 6 nitrogen and oxygen atoms in total. The van der Waals surface area contributed by atoms with Crippen molar-refractivity contribution in [3.63, 3.8) is 0 Å². The van der Waals surface area contributed by atoms with E-state index in [9.17, 15) is 4.79 Å². The van der Waals surface area contributed by atoms with E-state index in [1.807, 2.05) is 71.4 Å². The molecule has 1 N–H and O–H groups in total. The second-order valence-corrected chi connectivity index (χ2v) is 7.51. The zero-order valence-electron chi connectivity index (χ0n) is 14.1. The van der Waals surface area contributed by atoms with Crippen LogP contribution in [0.2, 0.25) is 0 Å². The first-order chi connectivity index (χ1) is 13.3. The van der Waals surface area contributed by atoms with Gasteiger partial charge in [-0.05, 0) is 40.9 Å². The van der Waals surface area contributed by atoms with Gasteiger partial charge in [0.1, 0.15) is 6.54 Å². The van der Waals surface area contributed by atoms with Crippen LogP contribution in [-0.4, -0.2) is 26.1 Å². The highest BCUT2D eigenvalue weighted by Crippen LogP contribution is 2.33. The van der Waals surface area contributed by atoms with E-state index in [1.54, 1.807) is 23.1 Å². The van der Waals surface area contributed by atoms with Crippen LogP contribution in [0.5, 0.6) is 0 Å². The Bertz CT molecular complexity index is 1030. The number of anilines is 1. The smallest absolute Gasteiger partial charge is 0.248 e. The first-order valence-corrected chi connectivity index (χ1v) is 9.96. The summed E-state index contributed by atoms with van der Waals surface area (Å²) in [5.41, 5.74) is 1.66. The average Bonchev–Trinajstić information content (AvgIpc) is 3.36. The number of nitrogens with one attached hydrogen (secondary N) is 1. The molecule has 0 aliphatic rings. The molecule has 2 aromatic heterocycles. The van der Waals surface area contributed by atoms with E-state index in [2.05, 4.69) is 20.7 Å². The number of hydrogen-bond donors (Lipinski definition) is 1. The van der Waals surface area contributed by atoms with Crippen LogP contribution < -0.4 is 5.32 Å². The SMILES string of the molecule is O=C(Cn1nnc(-c2ccsc2)n1)Nc1ccccc1Sc1ccccc1. The number of nitrogens with zero attached hydrogens (tertiary/aromatic N) is 4. The molecule has 0 aliphatic heterocycles. The fraction of sp³-hybridized carbons (Fsp3) is 0.0526. The molecule has 8 heteroatoms. The molecule has 0 saturated heterocycles. The zero-order valence-corrected chi connectivity index (χ0v) is 15.8. The predicted octanol–water partition coefficient (Wildman–Crippen LogP) is 4.19. The quantitative estimate of drug-likeness (QED) is 0.532. The minimum atomic E-state index is -0.203. The first-order valence-electron chi connectivity index (χ1n) is 8.20. The van der Waals surface area contributed by atoms with Gasteiger partial charge in [0, 0.05) is 20.7 Å². The summed E-state index contributed by atoms with van der Waals surface area (Å²) >= 11 is 3.16. The minimum absolute atomic E-state index is 0.00146. The van der Waals surface area contributed by atoms with Crippen molar-refractivity contribution in [2.24, 2.45) is 0 Å². The van der Waals surface area contributed by atoms with Gasteiger partial charge in [0.15, 0.2) is 0 Å². The third-order valence-corrected chi connectivity index (χ3v) is 5.42. The van der Waals surface area contributed by atoms with E-state index >= 15 is 0 Å². The van der Waals surface area contributed by atoms with Crippen LogP contribution in [0.25, 0.3) is 11.4 Å². The van der Waals surface area contributed by atoms with E-state index in [0.717, 1.165) is 21.0 Å². The van der Waals surface area contributed by atoms with Gasteiger partial charge in [0.05, 0.1) is 5.69 Å². The van der Waals surface area contributed by atoms with Gasteiger partial charge in [-0.15, -0.1) is 10.2 Å². The number of amides is 1. The van der Waals surface area contributed by atoms with E-state index in [0.29, 0.717) is 5.82 Å². The molecule has 0 aliphatic carbocycles. The Morgan fingerprint density at radius 1 is 1.07 bits per heavy atom. The number of carbonyl (C=O) groups is 1. The average molecular weight is 393 g/mol. The maximum atomic E-state index is 12.4. The van der Waals surface area contributed by atoms with Gasteiger partial charge < -0.3 is 5.32 Å². The Hall–Kier alpha value is -2.97. The van der Waals surface area contributed by atoms with Crippen molar-refractivity contribution >= 4 is 34.7 Å². The normalized spacial score (nSPS) is 10.7. The number of hydrogen-bond acceptors (Lipinski definition) is 6. The number of benzene rings is 2. The summed E-state index contributed by atoms with van der Waals surface area (Å²) in [6.07, 6.45) is 0. The number of para-hydroxylation sites is 1. The van der Waals surface area contributed by atoms with Gasteiger partial charge in [0.25, 0.3) is 0 Å². The minimum Gasteiger partial charge on any atom is -0.323 e. The fourth-order valence-corrected chi connectivity index (χ4v) is 3.97. The molecule has 0 saturated carbocycles. The van der Waals surface area contributed by atoms with Crippen LogP contribution in [0.15, 0.2) is 81.2 Å². The molecule has 0 spiro atoms. The van der Waals surface area contributed by atoms with Crippen LogP contribution >= 0.6 is 23.1 Å². The molecular formula is C19H15N5OS2. The maximum absolute atomic E-state index is 12.4. The van der Waals surface area contributed by atoms with Crippen molar-refractivity contribution in [2.75, 3.05) is 5.32 Å². The van der Waals surface area contributed by atoms with Crippen LogP contribution in [0, 0.1) is 0 Å². The molecule has 27 heavy (non-hydrogen) atoms. The number of aromatic nitrogens is 4. The summed E-state index contributed by atoms with van der Waals surface area (Å²) in [4.78, 5) is 15.8. The third kappa shape index (κ3) is 4.42. The largest absolute Gasteiger partial charge is 0.323 e. The molecule has 4 rings (SSSR count). The standard InChI is InChI=1S/C19H15N5OS2/c25-18(12-24-22-19(21-23-24)14-10-11-26-13-14)20-16-8-4-5-9-17(16)27-15-6-2-1-3-7-15/h1-11,13H,12H2,(H,20,25). The van der Waals surface area contributed by atoms with Crippen molar-refractivity contribution in [2.45, 2.75) is 16.3 Å². The third-order valence-electron chi connectivity index (χ3n) is 3.65. The van der Waals surface area contributed by atoms with Crippen molar-refractivity contribution < 1.29 is 4.79 Å². The van der Waals surface area contributed by atoms with Crippen LogP contribution in [0.3, 0.4) is 0 Å². The maximum Gasteiger partial charge on any atom is 0.248 e. The van der Waals surface area contributed by atoms with Gasteiger partial charge in [-0.25, -0.2) is 0 Å². The van der Waals surface area contributed by atoms with Gasteiger partial charge in [-0.1, -0.05) is 42.1 Å². The molecule has 2 aromatic carbocycles. The predicted molar refractivity (Wildman–Crippen MR) is 107 cm³/mol. The Morgan fingerprint density at radius 3 is 2.70 bits per heavy atom. The van der Waals surface area contributed by atoms with Gasteiger partial charge in [-0.2, -0.15) is 16.1 Å². The number of tetrazole rings is 1. The van der Waals surface area contributed by atoms with E-state index in [4.69, 9.17) is 0 Å². The highest BCUT2D eigenvalue weighted by molar-refractivity contribution is 7.99. The zero-order chi connectivity index (χ0) is 18.5. The van der Waals surface area contributed by atoms with E-state index in [-0.39, 0.29) is 12.5 Å². The fourth-order valence-electron chi connectivity index (χ4n) is 2.41. The molecule has 0 bridgehead atoms. The van der Waals surface area contributed by atoms with Gasteiger partial charge in [0.2, 0.25) is 11.7 Å². The molecule has 0 atom stereocenters. The van der Waals surface area contributed by atoms with Crippen LogP contribution in [0.1, 0.15) is 0 Å². The molecule has 1 amide bonds. The number of thiophene rings is 1. The molecule has 134 valence electrons. The summed E-state index contributed by atoms with van der Waals surface area (Å²) < 4.78 is 0. The van der Waals surface area contributed by atoms with E-state index in [1.165, 1.54) is 4.80 Å². The molecular weight excluding hydrogens is 378 g/mol. The summed E-state index contributed by atoms with van der Waals surface area (Å²) in [5, 5.41) is 19.0. The van der Waals surface area contributed by atoms with Crippen LogP contribution in [-0.2, 0) is 11.3 Å². The van der Waals surface area contributed by atoms with Gasteiger partial charge >= 0.3 is 0 Å². The molecule has 0 fully saturated rings. The summed E-state index contributed by atoms with van der Waals surface area (Å²) in [6.45, 7) is 0.00146. The lowest BCUT2D eigenvalue weighted by molar-refractivity contribution is -0.117. The second kappa shape index (κ2) is 8.15. The van der Waals surface area contributed by atoms with Gasteiger partial charge in [-0.3, -0.25) is 4.79 Å². The Morgan fingerprint density at radius 2 is 1.89 bits per heavy atom. The summed E-state index contributed by atoms with van der Waals surface area (Å²) in [7, 11) is 0. The topological polar surface area (TPSA) is 72.7 Å². The highest BCUT2D eigenvalue weighted by atomic mass is 32.2. The molecule has 4 aromatic rings. The second-order valence-electron chi connectivity index (χ2n) is 5.61. The van der Waals surface area contributed by atoms with Crippen LogP contribution in [0.4, 0.5) is 5.69 Å². The number of rotatable bonds is 6. The Labute approximate surface area is 164 Å². The van der Waals surface area contributed by atoms with Crippen molar-refractivity contribution in [3.05, 3.63) is 71.4 Å². The number of carbonyl (C=O) groups excluding carboxylic acids is 1. The van der Waals surface area contributed by atoms with E-state index < -0.39 is 0 Å². The summed E-state index contributed by atoms with van der Waals surface area (Å²) in [6, 6.07) is 19.7. The Balaban J connectivity index is 1.44. The van der Waals surface area contributed by atoms with Crippen molar-refractivity contribution in [1.82, 2.24) is 20.2 Å². The first kappa shape index (κ1) is 17.4. The monoisotopic (exact) mass is 393 g/mol. The van der Waals surface area contributed by atoms with Crippen molar-refractivity contribution in [3.8, 4) is 11.4 Å². The molecule has 2 heterocycles. The lowest BCUT2D eigenvalue weighted by Gasteiger charge is -2.10. The van der Waals surface area contributed by atoms with Crippen molar-refractivity contribution in [1.29, 1.82) is 0 Å². The molecule has 0 unspecified atom stereocenters. The highest BCUT2D eigenvalue weighted by Gasteiger charge is 2.12. The summed E-state index contributed by atoms with van der Waals surface area (Å²) in [5.74, 6) is 0.314.